The average Bonchev–Trinajstić information content (AvgIpc) is 2.00. The van der Waals surface area contributed by atoms with Gasteiger partial charge in [0.05, 0.1) is 6.61 Å². The summed E-state index contributed by atoms with van der Waals surface area (Å²) in [7, 11) is 1.65. The molecule has 0 spiro atoms. The Morgan fingerprint density at radius 3 is 2.62 bits per heavy atom. The highest BCUT2D eigenvalue weighted by molar-refractivity contribution is 5.73. The summed E-state index contributed by atoms with van der Waals surface area (Å²) in [5.41, 5.74) is 5.54. The first-order valence-electron chi connectivity index (χ1n) is 4.57. The molecule has 1 aliphatic carbocycles. The number of carboxylic acids is 1. The van der Waals surface area contributed by atoms with E-state index in [0.717, 1.165) is 19.3 Å². The lowest BCUT2D eigenvalue weighted by atomic mass is 9.66. The van der Waals surface area contributed by atoms with E-state index in [9.17, 15) is 4.79 Å². The molecule has 0 aromatic carbocycles. The molecule has 0 aliphatic heterocycles. The van der Waals surface area contributed by atoms with Gasteiger partial charge in [0.15, 0.2) is 0 Å². The third-order valence-electron chi connectivity index (χ3n) is 2.83. The topological polar surface area (TPSA) is 72.5 Å². The van der Waals surface area contributed by atoms with Crippen molar-refractivity contribution in [2.75, 3.05) is 13.7 Å². The van der Waals surface area contributed by atoms with E-state index in [1.54, 1.807) is 7.11 Å². The van der Waals surface area contributed by atoms with E-state index in [1.807, 2.05) is 0 Å². The van der Waals surface area contributed by atoms with Crippen LogP contribution in [0.1, 0.15) is 25.7 Å². The van der Waals surface area contributed by atoms with Crippen molar-refractivity contribution >= 4 is 5.97 Å². The third-order valence-corrected chi connectivity index (χ3v) is 2.83. The highest BCUT2D eigenvalue weighted by Crippen LogP contribution is 2.44. The van der Waals surface area contributed by atoms with Gasteiger partial charge in [0.2, 0.25) is 0 Å². The maximum Gasteiger partial charge on any atom is 0.320 e. The second kappa shape index (κ2) is 4.07. The first kappa shape index (κ1) is 10.5. The molecule has 1 saturated carbocycles. The van der Waals surface area contributed by atoms with E-state index in [0.29, 0.717) is 13.0 Å². The Morgan fingerprint density at radius 1 is 1.69 bits per heavy atom. The van der Waals surface area contributed by atoms with Crippen molar-refractivity contribution in [1.29, 1.82) is 0 Å². The quantitative estimate of drug-likeness (QED) is 0.661. The molecule has 1 fully saturated rings. The lowest BCUT2D eigenvalue weighted by molar-refractivity contribution is -0.140. The Kier molecular flexibility index (Phi) is 3.27. The number of methoxy groups -OCH3 is 1. The van der Waals surface area contributed by atoms with Crippen LogP contribution in [0.15, 0.2) is 0 Å². The molecule has 0 heterocycles. The van der Waals surface area contributed by atoms with Crippen LogP contribution in [0, 0.1) is 5.41 Å². The smallest absolute Gasteiger partial charge is 0.320 e. The minimum Gasteiger partial charge on any atom is -0.480 e. The molecule has 0 bridgehead atoms. The molecule has 1 atom stereocenters. The number of aliphatic carboxylic acids is 1. The third kappa shape index (κ3) is 2.42. The molecule has 4 nitrogen and oxygen atoms in total. The van der Waals surface area contributed by atoms with Gasteiger partial charge in [-0.05, 0) is 24.7 Å². The van der Waals surface area contributed by atoms with Crippen LogP contribution in [0.25, 0.3) is 0 Å². The number of hydrogen-bond acceptors (Lipinski definition) is 3. The van der Waals surface area contributed by atoms with Crippen molar-refractivity contribution < 1.29 is 14.6 Å². The van der Waals surface area contributed by atoms with Crippen LogP contribution in [-0.2, 0) is 9.53 Å². The Morgan fingerprint density at radius 2 is 2.31 bits per heavy atom. The van der Waals surface area contributed by atoms with Crippen molar-refractivity contribution in [2.24, 2.45) is 11.1 Å². The second-order valence-corrected chi connectivity index (χ2v) is 3.94. The molecular formula is C9H17NO3. The van der Waals surface area contributed by atoms with Gasteiger partial charge in [-0.2, -0.15) is 0 Å². The van der Waals surface area contributed by atoms with Crippen LogP contribution < -0.4 is 5.73 Å². The van der Waals surface area contributed by atoms with E-state index in [4.69, 9.17) is 15.6 Å². The summed E-state index contributed by atoms with van der Waals surface area (Å²) >= 11 is 0. The summed E-state index contributed by atoms with van der Waals surface area (Å²) in [5.74, 6) is -0.914. The summed E-state index contributed by atoms with van der Waals surface area (Å²) in [6.07, 6.45) is 3.79. The van der Waals surface area contributed by atoms with Crippen LogP contribution >= 0.6 is 0 Å². The van der Waals surface area contributed by atoms with Crippen LogP contribution in [0.5, 0.6) is 0 Å². The van der Waals surface area contributed by atoms with E-state index < -0.39 is 12.0 Å². The summed E-state index contributed by atoms with van der Waals surface area (Å²) in [5, 5.41) is 8.67. The summed E-state index contributed by atoms with van der Waals surface area (Å²) in [6, 6.07) is -0.740. The fourth-order valence-corrected chi connectivity index (χ4v) is 1.94. The van der Waals surface area contributed by atoms with Gasteiger partial charge >= 0.3 is 5.97 Å². The molecule has 0 aromatic heterocycles. The van der Waals surface area contributed by atoms with Crippen LogP contribution in [0.4, 0.5) is 0 Å². The average molecular weight is 187 g/mol. The number of carboxylic acid groups (broad SMARTS) is 1. The molecule has 13 heavy (non-hydrogen) atoms. The van der Waals surface area contributed by atoms with Crippen LogP contribution in [0.3, 0.4) is 0 Å². The van der Waals surface area contributed by atoms with E-state index in [2.05, 4.69) is 0 Å². The van der Waals surface area contributed by atoms with Crippen LogP contribution in [0.2, 0.25) is 0 Å². The standard InChI is InChI=1S/C9H17NO3/c1-13-6-9(3-2-4-9)5-7(10)8(11)12/h7H,2-6,10H2,1H3,(H,11,12)/t7-/m0/s1. The molecule has 0 aromatic rings. The zero-order valence-corrected chi connectivity index (χ0v) is 7.95. The van der Waals surface area contributed by atoms with Crippen LogP contribution in [-0.4, -0.2) is 30.8 Å². The SMILES string of the molecule is COCC1(C[C@H](N)C(=O)O)CCC1. The predicted molar refractivity (Wildman–Crippen MR) is 48.4 cm³/mol. The molecule has 0 saturated heterocycles. The summed E-state index contributed by atoms with van der Waals surface area (Å²) < 4.78 is 5.08. The van der Waals surface area contributed by atoms with Gasteiger partial charge in [0, 0.05) is 7.11 Å². The predicted octanol–water partition coefficient (Wildman–Crippen LogP) is 0.605. The van der Waals surface area contributed by atoms with Gasteiger partial charge in [-0.3, -0.25) is 4.79 Å². The lowest BCUT2D eigenvalue weighted by Gasteiger charge is -2.42. The molecule has 3 N–H and O–H groups in total. The second-order valence-electron chi connectivity index (χ2n) is 3.94. The van der Waals surface area contributed by atoms with E-state index in [-0.39, 0.29) is 5.41 Å². The Bertz CT molecular complexity index is 189. The molecule has 4 heteroatoms. The zero-order chi connectivity index (χ0) is 9.90. The van der Waals surface area contributed by atoms with Crippen molar-refractivity contribution in [3.63, 3.8) is 0 Å². The maximum absolute atomic E-state index is 10.6. The Labute approximate surface area is 78.1 Å². The van der Waals surface area contributed by atoms with E-state index in [1.165, 1.54) is 0 Å². The lowest BCUT2D eigenvalue weighted by Crippen LogP contribution is -2.43. The van der Waals surface area contributed by atoms with Crippen molar-refractivity contribution in [3.05, 3.63) is 0 Å². The Balaban J connectivity index is 2.43. The normalized spacial score (nSPS) is 22.0. The number of nitrogens with two attached hydrogens (primary N) is 1. The van der Waals surface area contributed by atoms with Crippen molar-refractivity contribution in [2.45, 2.75) is 31.7 Å². The fourth-order valence-electron chi connectivity index (χ4n) is 1.94. The van der Waals surface area contributed by atoms with Gasteiger partial charge in [-0.25, -0.2) is 0 Å². The number of carbonyl (C=O) groups is 1. The van der Waals surface area contributed by atoms with Gasteiger partial charge in [0.25, 0.3) is 0 Å². The number of ether oxygens (including phenoxy) is 1. The molecule has 0 amide bonds. The van der Waals surface area contributed by atoms with Gasteiger partial charge in [0.1, 0.15) is 6.04 Å². The molecule has 1 rings (SSSR count). The maximum atomic E-state index is 10.6. The van der Waals surface area contributed by atoms with Crippen molar-refractivity contribution in [3.8, 4) is 0 Å². The summed E-state index contributed by atoms with van der Waals surface area (Å²) in [6.45, 7) is 0.633. The first-order valence-corrected chi connectivity index (χ1v) is 4.57. The van der Waals surface area contributed by atoms with E-state index >= 15 is 0 Å². The Hall–Kier alpha value is -0.610. The minimum atomic E-state index is -0.914. The highest BCUT2D eigenvalue weighted by Gasteiger charge is 2.39. The number of hydrogen-bond donors (Lipinski definition) is 2. The molecular weight excluding hydrogens is 170 g/mol. The molecule has 0 unspecified atom stereocenters. The van der Waals surface area contributed by atoms with Gasteiger partial charge in [-0.15, -0.1) is 0 Å². The zero-order valence-electron chi connectivity index (χ0n) is 7.95. The fraction of sp³-hybridized carbons (Fsp3) is 0.889. The van der Waals surface area contributed by atoms with Crippen molar-refractivity contribution in [1.82, 2.24) is 0 Å². The minimum absolute atomic E-state index is 0.0482. The van der Waals surface area contributed by atoms with Gasteiger partial charge in [-0.1, -0.05) is 6.42 Å². The highest BCUT2D eigenvalue weighted by atomic mass is 16.5. The largest absolute Gasteiger partial charge is 0.480 e. The molecule has 0 radical (unpaired) electrons. The molecule has 76 valence electrons. The first-order chi connectivity index (χ1) is 6.09. The summed E-state index contributed by atoms with van der Waals surface area (Å²) in [4.78, 5) is 10.6. The monoisotopic (exact) mass is 187 g/mol. The van der Waals surface area contributed by atoms with Gasteiger partial charge < -0.3 is 15.6 Å². The molecule has 1 aliphatic rings. The number of rotatable bonds is 5.